The van der Waals surface area contributed by atoms with Crippen molar-refractivity contribution in [2.75, 3.05) is 0 Å². The minimum Gasteiger partial charge on any atom is -0.326 e. The summed E-state index contributed by atoms with van der Waals surface area (Å²) in [5.41, 5.74) is 9.43. The third kappa shape index (κ3) is 1.81. The van der Waals surface area contributed by atoms with Crippen LogP contribution >= 0.6 is 0 Å². The summed E-state index contributed by atoms with van der Waals surface area (Å²) >= 11 is 0. The Balaban J connectivity index is 1.77. The van der Waals surface area contributed by atoms with E-state index in [9.17, 15) is 0 Å². The molecule has 2 aliphatic carbocycles. The fourth-order valence-electron chi connectivity index (χ4n) is 4.03. The average Bonchev–Trinajstić information content (AvgIpc) is 2.96. The highest BCUT2D eigenvalue weighted by Crippen LogP contribution is 2.48. The van der Waals surface area contributed by atoms with Crippen LogP contribution in [0.3, 0.4) is 0 Å². The number of nitrogens with two attached hydrogens (primary N) is 1. The minimum absolute atomic E-state index is 0.619. The van der Waals surface area contributed by atoms with Gasteiger partial charge >= 0.3 is 0 Å². The van der Waals surface area contributed by atoms with E-state index in [0.29, 0.717) is 6.54 Å². The molecule has 3 atom stereocenters. The molecule has 0 spiro atoms. The Morgan fingerprint density at radius 1 is 1.29 bits per heavy atom. The Labute approximate surface area is 103 Å². The molecule has 3 unspecified atom stereocenters. The predicted molar refractivity (Wildman–Crippen MR) is 68.5 cm³/mol. The first kappa shape index (κ1) is 11.3. The summed E-state index contributed by atoms with van der Waals surface area (Å²) in [7, 11) is 0. The van der Waals surface area contributed by atoms with Crippen LogP contribution in [0.15, 0.2) is 0 Å². The molecule has 3 heteroatoms. The first-order chi connectivity index (χ1) is 8.19. The predicted octanol–water partition coefficient (Wildman–Crippen LogP) is 2.39. The topological polar surface area (TPSA) is 43.8 Å². The van der Waals surface area contributed by atoms with Crippen LogP contribution in [0.5, 0.6) is 0 Å². The third-order valence-corrected chi connectivity index (χ3v) is 5.03. The van der Waals surface area contributed by atoms with Gasteiger partial charge in [0.2, 0.25) is 0 Å². The van der Waals surface area contributed by atoms with Gasteiger partial charge < -0.3 is 5.73 Å². The molecular formula is C14H23N3. The fourth-order valence-corrected chi connectivity index (χ4v) is 4.03. The van der Waals surface area contributed by atoms with Crippen molar-refractivity contribution in [3.8, 4) is 0 Å². The number of hydrogen-bond donors (Lipinski definition) is 1. The lowest BCUT2D eigenvalue weighted by atomic mass is 9.89. The molecule has 3 rings (SSSR count). The molecule has 0 radical (unpaired) electrons. The van der Waals surface area contributed by atoms with E-state index in [1.165, 1.54) is 36.9 Å². The van der Waals surface area contributed by atoms with E-state index < -0.39 is 0 Å². The second-order valence-corrected chi connectivity index (χ2v) is 5.97. The molecule has 94 valence electrons. The maximum Gasteiger partial charge on any atom is 0.0641 e. The van der Waals surface area contributed by atoms with Crippen LogP contribution in [0.25, 0.3) is 0 Å². The molecule has 0 saturated heterocycles. The Hall–Kier alpha value is -0.830. The molecule has 0 aliphatic heterocycles. The highest BCUT2D eigenvalue weighted by molar-refractivity contribution is 5.24. The van der Waals surface area contributed by atoms with Gasteiger partial charge in [-0.1, -0.05) is 6.42 Å². The van der Waals surface area contributed by atoms with E-state index in [2.05, 4.69) is 23.6 Å². The van der Waals surface area contributed by atoms with Crippen molar-refractivity contribution in [2.45, 2.75) is 52.6 Å². The highest BCUT2D eigenvalue weighted by Gasteiger charge is 2.39. The first-order valence-electron chi connectivity index (χ1n) is 6.92. The summed E-state index contributed by atoms with van der Waals surface area (Å²) in [5, 5.41) is 4.66. The summed E-state index contributed by atoms with van der Waals surface area (Å²) < 4.78 is 2.21. The summed E-state index contributed by atoms with van der Waals surface area (Å²) in [6, 6.07) is 0. The van der Waals surface area contributed by atoms with Crippen LogP contribution in [0.2, 0.25) is 0 Å². The van der Waals surface area contributed by atoms with Gasteiger partial charge in [0, 0.05) is 24.3 Å². The molecule has 2 N–H and O–H groups in total. The van der Waals surface area contributed by atoms with E-state index in [0.717, 1.165) is 30.0 Å². The maximum atomic E-state index is 5.78. The summed E-state index contributed by atoms with van der Waals surface area (Å²) in [6.45, 7) is 5.98. The second kappa shape index (κ2) is 4.13. The van der Waals surface area contributed by atoms with Crippen molar-refractivity contribution in [3.63, 3.8) is 0 Å². The average molecular weight is 233 g/mol. The van der Waals surface area contributed by atoms with Gasteiger partial charge in [-0.3, -0.25) is 4.68 Å². The molecular weight excluding hydrogens is 210 g/mol. The van der Waals surface area contributed by atoms with Crippen molar-refractivity contribution < 1.29 is 0 Å². The normalized spacial score (nSPS) is 31.4. The van der Waals surface area contributed by atoms with Gasteiger partial charge in [0.25, 0.3) is 0 Å². The smallest absolute Gasteiger partial charge is 0.0641 e. The van der Waals surface area contributed by atoms with Gasteiger partial charge in [0.15, 0.2) is 0 Å². The molecule has 2 saturated carbocycles. The van der Waals surface area contributed by atoms with Gasteiger partial charge in [-0.25, -0.2) is 0 Å². The monoisotopic (exact) mass is 233 g/mol. The zero-order valence-electron chi connectivity index (χ0n) is 10.9. The van der Waals surface area contributed by atoms with E-state index in [-0.39, 0.29) is 0 Å². The summed E-state index contributed by atoms with van der Waals surface area (Å²) in [5.74, 6) is 2.87. The minimum atomic E-state index is 0.619. The van der Waals surface area contributed by atoms with Crippen molar-refractivity contribution in [1.82, 2.24) is 9.78 Å². The molecule has 17 heavy (non-hydrogen) atoms. The van der Waals surface area contributed by atoms with Crippen LogP contribution in [-0.2, 0) is 13.1 Å². The second-order valence-electron chi connectivity index (χ2n) is 5.97. The molecule has 2 fully saturated rings. The van der Waals surface area contributed by atoms with E-state index in [4.69, 9.17) is 5.73 Å². The quantitative estimate of drug-likeness (QED) is 0.871. The number of aromatic nitrogens is 2. The van der Waals surface area contributed by atoms with Crippen LogP contribution in [0, 0.1) is 31.6 Å². The lowest BCUT2D eigenvalue weighted by Crippen LogP contribution is -2.19. The molecule has 0 aromatic carbocycles. The van der Waals surface area contributed by atoms with Crippen LogP contribution in [0.4, 0.5) is 0 Å². The van der Waals surface area contributed by atoms with Gasteiger partial charge in [0.05, 0.1) is 5.69 Å². The van der Waals surface area contributed by atoms with Crippen LogP contribution in [-0.4, -0.2) is 9.78 Å². The Morgan fingerprint density at radius 3 is 2.65 bits per heavy atom. The van der Waals surface area contributed by atoms with Gasteiger partial charge in [-0.05, 0) is 50.9 Å². The van der Waals surface area contributed by atoms with Gasteiger partial charge in [-0.15, -0.1) is 0 Å². The third-order valence-electron chi connectivity index (χ3n) is 5.03. The Bertz CT molecular complexity index is 421. The number of nitrogens with zero attached hydrogens (tertiary/aromatic N) is 2. The van der Waals surface area contributed by atoms with Crippen molar-refractivity contribution in [2.24, 2.45) is 23.5 Å². The van der Waals surface area contributed by atoms with Crippen molar-refractivity contribution in [1.29, 1.82) is 0 Å². The zero-order valence-corrected chi connectivity index (χ0v) is 10.9. The molecule has 1 aromatic rings. The SMILES string of the molecule is Cc1nn(CC2CC3CCC2C3)c(C)c1CN. The molecule has 3 nitrogen and oxygen atoms in total. The van der Waals surface area contributed by atoms with Crippen LogP contribution < -0.4 is 5.73 Å². The molecule has 1 aromatic heterocycles. The fraction of sp³-hybridized carbons (Fsp3) is 0.786. The number of fused-ring (bicyclic) bond motifs is 2. The molecule has 0 amide bonds. The molecule has 1 heterocycles. The van der Waals surface area contributed by atoms with E-state index >= 15 is 0 Å². The number of rotatable bonds is 3. The Morgan fingerprint density at radius 2 is 2.12 bits per heavy atom. The largest absolute Gasteiger partial charge is 0.326 e. The van der Waals surface area contributed by atoms with Crippen molar-refractivity contribution >= 4 is 0 Å². The van der Waals surface area contributed by atoms with Crippen LogP contribution in [0.1, 0.15) is 42.6 Å². The van der Waals surface area contributed by atoms with E-state index in [1.54, 1.807) is 0 Å². The summed E-state index contributed by atoms with van der Waals surface area (Å²) in [6.07, 6.45) is 5.85. The maximum absolute atomic E-state index is 5.78. The summed E-state index contributed by atoms with van der Waals surface area (Å²) in [4.78, 5) is 0. The zero-order chi connectivity index (χ0) is 12.0. The lowest BCUT2D eigenvalue weighted by Gasteiger charge is -2.22. The highest BCUT2D eigenvalue weighted by atomic mass is 15.3. The standard InChI is InChI=1S/C14H23N3/c1-9-14(7-15)10(2)17(16-9)8-13-6-11-3-4-12(13)5-11/h11-13H,3-8,15H2,1-2H3. The van der Waals surface area contributed by atoms with Gasteiger partial charge in [-0.2, -0.15) is 5.10 Å². The lowest BCUT2D eigenvalue weighted by molar-refractivity contribution is 0.283. The number of aryl methyl sites for hydroxylation is 1. The van der Waals surface area contributed by atoms with Gasteiger partial charge in [0.1, 0.15) is 0 Å². The Kier molecular flexibility index (Phi) is 2.74. The van der Waals surface area contributed by atoms with E-state index in [1.807, 2.05) is 0 Å². The number of hydrogen-bond acceptors (Lipinski definition) is 2. The molecule has 2 bridgehead atoms. The first-order valence-corrected chi connectivity index (χ1v) is 6.92. The van der Waals surface area contributed by atoms with Crippen molar-refractivity contribution in [3.05, 3.63) is 17.0 Å². The molecule has 2 aliphatic rings.